The van der Waals surface area contributed by atoms with Gasteiger partial charge in [0.15, 0.2) is 11.5 Å². The molecule has 0 saturated carbocycles. The highest BCUT2D eigenvalue weighted by molar-refractivity contribution is 5.76. The third kappa shape index (κ3) is 4.74. The van der Waals surface area contributed by atoms with E-state index in [2.05, 4.69) is 0 Å². The molecule has 7 heteroatoms. The van der Waals surface area contributed by atoms with Gasteiger partial charge in [-0.15, -0.1) is 0 Å². The molecule has 0 aromatic heterocycles. The van der Waals surface area contributed by atoms with Gasteiger partial charge in [0, 0.05) is 0 Å². The lowest BCUT2D eigenvalue weighted by Gasteiger charge is -2.13. The van der Waals surface area contributed by atoms with Gasteiger partial charge in [-0.25, -0.2) is 0 Å². The van der Waals surface area contributed by atoms with Crippen LogP contribution in [0.4, 0.5) is 0 Å². The minimum absolute atomic E-state index is 0.113. The van der Waals surface area contributed by atoms with E-state index in [4.69, 9.17) is 25.8 Å². The van der Waals surface area contributed by atoms with E-state index in [0.717, 1.165) is 0 Å². The number of aliphatic hydroxyl groups is 2. The van der Waals surface area contributed by atoms with E-state index < -0.39 is 24.7 Å². The molecule has 1 aromatic carbocycles. The Morgan fingerprint density at radius 1 is 1.32 bits per heavy atom. The first-order chi connectivity index (χ1) is 8.93. The Morgan fingerprint density at radius 2 is 2.00 bits per heavy atom. The number of rotatable bonds is 6. The van der Waals surface area contributed by atoms with Crippen LogP contribution in [0.1, 0.15) is 5.56 Å². The van der Waals surface area contributed by atoms with Gasteiger partial charge in [0.1, 0.15) is 18.8 Å². The molecular formula is C12H17NO6. The molecule has 0 heterocycles. The predicted molar refractivity (Wildman–Crippen MR) is 65.5 cm³/mol. The summed E-state index contributed by atoms with van der Waals surface area (Å²) in [7, 11) is 0. The second-order valence-corrected chi connectivity index (χ2v) is 4.10. The van der Waals surface area contributed by atoms with Crippen molar-refractivity contribution in [2.75, 3.05) is 13.2 Å². The van der Waals surface area contributed by atoms with Crippen molar-refractivity contribution >= 4 is 5.97 Å². The summed E-state index contributed by atoms with van der Waals surface area (Å²) in [5.74, 6) is -1.28. The molecule has 0 aliphatic carbocycles. The summed E-state index contributed by atoms with van der Waals surface area (Å²) in [5.41, 5.74) is 6.16. The Balaban J connectivity index is 2.51. The number of aromatic hydroxyl groups is 2. The van der Waals surface area contributed by atoms with Crippen molar-refractivity contribution in [1.29, 1.82) is 0 Å². The van der Waals surface area contributed by atoms with Crippen molar-refractivity contribution < 1.29 is 30.0 Å². The fourth-order valence-corrected chi connectivity index (χ4v) is 1.37. The third-order valence-corrected chi connectivity index (χ3v) is 2.43. The molecule has 7 nitrogen and oxygen atoms in total. The minimum Gasteiger partial charge on any atom is -0.504 e. The summed E-state index contributed by atoms with van der Waals surface area (Å²) >= 11 is 0. The quantitative estimate of drug-likeness (QED) is 0.326. The Morgan fingerprint density at radius 3 is 2.58 bits per heavy atom. The number of ether oxygens (including phenoxy) is 1. The molecule has 0 aliphatic rings. The second kappa shape index (κ2) is 6.93. The van der Waals surface area contributed by atoms with E-state index in [9.17, 15) is 9.90 Å². The Labute approximate surface area is 109 Å². The van der Waals surface area contributed by atoms with Gasteiger partial charge in [-0.1, -0.05) is 6.07 Å². The number of aliphatic hydroxyl groups excluding tert-OH is 2. The molecule has 0 fully saturated rings. The van der Waals surface area contributed by atoms with Crippen LogP contribution in [0.25, 0.3) is 0 Å². The topological polar surface area (TPSA) is 133 Å². The van der Waals surface area contributed by atoms with Gasteiger partial charge in [-0.3, -0.25) is 4.79 Å². The maximum absolute atomic E-state index is 11.5. The van der Waals surface area contributed by atoms with Crippen LogP contribution in [0, 0.1) is 0 Å². The highest BCUT2D eigenvalue weighted by Crippen LogP contribution is 2.25. The van der Waals surface area contributed by atoms with E-state index in [1.165, 1.54) is 18.2 Å². The van der Waals surface area contributed by atoms with Crippen LogP contribution in [-0.4, -0.2) is 51.8 Å². The number of carbonyl (C=O) groups is 1. The van der Waals surface area contributed by atoms with Gasteiger partial charge >= 0.3 is 5.97 Å². The predicted octanol–water partition coefficient (Wildman–Crippen LogP) is -1.14. The van der Waals surface area contributed by atoms with E-state index in [-0.39, 0.29) is 24.5 Å². The van der Waals surface area contributed by atoms with Crippen molar-refractivity contribution in [2.24, 2.45) is 5.73 Å². The molecule has 1 unspecified atom stereocenters. The first kappa shape index (κ1) is 15.2. The first-order valence-electron chi connectivity index (χ1n) is 5.66. The fourth-order valence-electron chi connectivity index (χ4n) is 1.37. The molecule has 1 rings (SSSR count). The van der Waals surface area contributed by atoms with Gasteiger partial charge in [-0.2, -0.15) is 0 Å². The van der Waals surface area contributed by atoms with E-state index in [1.54, 1.807) is 0 Å². The lowest BCUT2D eigenvalue weighted by molar-refractivity contribution is -0.148. The molecule has 0 saturated heterocycles. The van der Waals surface area contributed by atoms with Crippen LogP contribution in [0.15, 0.2) is 18.2 Å². The lowest BCUT2D eigenvalue weighted by Crippen LogP contribution is -2.36. The maximum atomic E-state index is 11.5. The van der Waals surface area contributed by atoms with Crippen LogP contribution in [0.2, 0.25) is 0 Å². The van der Waals surface area contributed by atoms with Gasteiger partial charge in [0.05, 0.1) is 6.61 Å². The van der Waals surface area contributed by atoms with Crippen molar-refractivity contribution in [3.05, 3.63) is 23.8 Å². The lowest BCUT2D eigenvalue weighted by atomic mass is 10.1. The van der Waals surface area contributed by atoms with Crippen molar-refractivity contribution in [2.45, 2.75) is 18.6 Å². The number of hydrogen-bond donors (Lipinski definition) is 5. The standard InChI is InChI=1S/C12H17NO6/c13-9(12(18)19-6-8(15)5-14)3-7-1-2-10(16)11(17)4-7/h1-2,4,8-9,14-17H,3,5-6,13H2/t8?,9-/m0/s1. The number of nitrogens with two attached hydrogens (primary N) is 1. The first-order valence-corrected chi connectivity index (χ1v) is 5.66. The molecule has 106 valence electrons. The molecule has 0 spiro atoms. The molecule has 0 bridgehead atoms. The summed E-state index contributed by atoms with van der Waals surface area (Å²) in [6.07, 6.45) is -1.02. The molecule has 2 atom stereocenters. The van der Waals surface area contributed by atoms with E-state index >= 15 is 0 Å². The van der Waals surface area contributed by atoms with Crippen LogP contribution >= 0.6 is 0 Å². The number of carbonyl (C=O) groups excluding carboxylic acids is 1. The molecule has 0 radical (unpaired) electrons. The Kier molecular flexibility index (Phi) is 5.56. The summed E-state index contributed by atoms with van der Waals surface area (Å²) in [6.45, 7) is -0.835. The summed E-state index contributed by atoms with van der Waals surface area (Å²) in [6, 6.07) is 3.14. The Hall–Kier alpha value is -1.83. The van der Waals surface area contributed by atoms with Gasteiger partial charge in [-0.05, 0) is 24.1 Å². The van der Waals surface area contributed by atoms with Crippen LogP contribution in [0.3, 0.4) is 0 Å². The smallest absolute Gasteiger partial charge is 0.323 e. The van der Waals surface area contributed by atoms with E-state index in [1.807, 2.05) is 0 Å². The minimum atomic E-state index is -1.13. The van der Waals surface area contributed by atoms with Crippen molar-refractivity contribution in [3.8, 4) is 11.5 Å². The van der Waals surface area contributed by atoms with Gasteiger partial charge < -0.3 is 30.9 Å². The number of benzene rings is 1. The zero-order chi connectivity index (χ0) is 14.4. The molecule has 0 aliphatic heterocycles. The molecule has 0 amide bonds. The highest BCUT2D eigenvalue weighted by Gasteiger charge is 2.17. The normalized spacial score (nSPS) is 13.8. The summed E-state index contributed by atoms with van der Waals surface area (Å²) in [5, 5.41) is 36.0. The molecule has 19 heavy (non-hydrogen) atoms. The van der Waals surface area contributed by atoms with Crippen LogP contribution in [0.5, 0.6) is 11.5 Å². The van der Waals surface area contributed by atoms with Crippen molar-refractivity contribution in [3.63, 3.8) is 0 Å². The summed E-state index contributed by atoms with van der Waals surface area (Å²) in [4.78, 5) is 11.5. The fraction of sp³-hybridized carbons (Fsp3) is 0.417. The molecular weight excluding hydrogens is 254 g/mol. The number of phenolic OH excluding ortho intramolecular Hbond substituents is 2. The average Bonchev–Trinajstić information content (AvgIpc) is 2.39. The average molecular weight is 271 g/mol. The number of esters is 1. The SMILES string of the molecule is N[C@@H](Cc1ccc(O)c(O)c1)C(=O)OCC(O)CO. The zero-order valence-corrected chi connectivity index (χ0v) is 10.2. The number of phenols is 2. The third-order valence-electron chi connectivity index (χ3n) is 2.43. The highest BCUT2D eigenvalue weighted by atomic mass is 16.5. The van der Waals surface area contributed by atoms with Gasteiger partial charge in [0.2, 0.25) is 0 Å². The molecule has 6 N–H and O–H groups in total. The van der Waals surface area contributed by atoms with Gasteiger partial charge in [0.25, 0.3) is 0 Å². The monoisotopic (exact) mass is 271 g/mol. The van der Waals surface area contributed by atoms with Crippen LogP contribution in [-0.2, 0) is 16.0 Å². The second-order valence-electron chi connectivity index (χ2n) is 4.10. The van der Waals surface area contributed by atoms with E-state index in [0.29, 0.717) is 5.56 Å². The maximum Gasteiger partial charge on any atom is 0.323 e. The largest absolute Gasteiger partial charge is 0.504 e. The Bertz CT molecular complexity index is 436. The number of hydrogen-bond acceptors (Lipinski definition) is 7. The summed E-state index contributed by atoms with van der Waals surface area (Å²) < 4.78 is 4.70. The van der Waals surface area contributed by atoms with Crippen LogP contribution < -0.4 is 5.73 Å². The molecule has 1 aromatic rings. The zero-order valence-electron chi connectivity index (χ0n) is 10.2. The van der Waals surface area contributed by atoms with Crippen molar-refractivity contribution in [1.82, 2.24) is 0 Å².